The summed E-state index contributed by atoms with van der Waals surface area (Å²) >= 11 is 6.53. The maximum absolute atomic E-state index is 12.5. The number of furan rings is 1. The standard InChI is InChI=1S/C17H13NO4S2/c1-21-16(20)12-6-4-11(5-7-12)9-14-15(19)18(17(23)24-14)10-13-3-2-8-22-13/h2-9H,10H2,1H3/b14-9-. The molecule has 5 nitrogen and oxygen atoms in total. The summed E-state index contributed by atoms with van der Waals surface area (Å²) in [5.41, 5.74) is 1.26. The van der Waals surface area contributed by atoms with E-state index in [-0.39, 0.29) is 5.91 Å². The van der Waals surface area contributed by atoms with Crippen LogP contribution in [0.5, 0.6) is 0 Å². The number of methoxy groups -OCH3 is 1. The molecule has 122 valence electrons. The van der Waals surface area contributed by atoms with Gasteiger partial charge in [-0.05, 0) is 35.9 Å². The van der Waals surface area contributed by atoms with Crippen LogP contribution >= 0.6 is 24.0 Å². The first-order valence-corrected chi connectivity index (χ1v) is 8.27. The van der Waals surface area contributed by atoms with Crippen molar-refractivity contribution in [2.45, 2.75) is 6.54 Å². The molecule has 7 heteroatoms. The second-order valence-electron chi connectivity index (χ2n) is 4.96. The van der Waals surface area contributed by atoms with Crippen molar-refractivity contribution >= 4 is 46.3 Å². The maximum atomic E-state index is 12.5. The second-order valence-corrected chi connectivity index (χ2v) is 6.64. The van der Waals surface area contributed by atoms with Crippen LogP contribution in [0, 0.1) is 0 Å². The summed E-state index contributed by atoms with van der Waals surface area (Å²) in [6.07, 6.45) is 3.31. The molecule has 0 atom stereocenters. The molecule has 0 bridgehead atoms. The van der Waals surface area contributed by atoms with Crippen LogP contribution in [0.25, 0.3) is 6.08 Å². The van der Waals surface area contributed by atoms with Gasteiger partial charge in [-0.1, -0.05) is 36.1 Å². The molecular formula is C17H13NO4S2. The van der Waals surface area contributed by atoms with Crippen molar-refractivity contribution in [3.05, 3.63) is 64.5 Å². The van der Waals surface area contributed by atoms with Gasteiger partial charge in [-0.3, -0.25) is 9.69 Å². The molecule has 1 aliphatic rings. The van der Waals surface area contributed by atoms with Crippen LogP contribution in [0.4, 0.5) is 0 Å². The van der Waals surface area contributed by atoms with Gasteiger partial charge in [-0.2, -0.15) is 0 Å². The second kappa shape index (κ2) is 7.02. The molecule has 0 unspecified atom stereocenters. The lowest BCUT2D eigenvalue weighted by Crippen LogP contribution is -2.27. The van der Waals surface area contributed by atoms with Crippen LogP contribution in [-0.4, -0.2) is 28.2 Å². The third-order valence-electron chi connectivity index (χ3n) is 3.40. The van der Waals surface area contributed by atoms with Crippen molar-refractivity contribution in [2.24, 2.45) is 0 Å². The fourth-order valence-corrected chi connectivity index (χ4v) is 3.43. The number of hydrogen-bond acceptors (Lipinski definition) is 6. The smallest absolute Gasteiger partial charge is 0.337 e. The summed E-state index contributed by atoms with van der Waals surface area (Å²) < 4.78 is 10.4. The van der Waals surface area contributed by atoms with Crippen LogP contribution in [0.1, 0.15) is 21.7 Å². The molecule has 0 saturated carbocycles. The summed E-state index contributed by atoms with van der Waals surface area (Å²) in [4.78, 5) is 26.0. The normalized spacial score (nSPS) is 16.0. The van der Waals surface area contributed by atoms with E-state index in [0.717, 1.165) is 5.56 Å². The van der Waals surface area contributed by atoms with Gasteiger partial charge >= 0.3 is 5.97 Å². The molecule has 0 radical (unpaired) electrons. The topological polar surface area (TPSA) is 59.8 Å². The number of amides is 1. The van der Waals surface area contributed by atoms with E-state index in [1.807, 2.05) is 0 Å². The summed E-state index contributed by atoms with van der Waals surface area (Å²) in [5, 5.41) is 0. The van der Waals surface area contributed by atoms with Crippen molar-refractivity contribution in [3.63, 3.8) is 0 Å². The van der Waals surface area contributed by atoms with Gasteiger partial charge in [0.2, 0.25) is 0 Å². The molecule has 24 heavy (non-hydrogen) atoms. The third kappa shape index (κ3) is 3.42. The zero-order valence-corrected chi connectivity index (χ0v) is 14.4. The highest BCUT2D eigenvalue weighted by Gasteiger charge is 2.32. The van der Waals surface area contributed by atoms with Gasteiger partial charge in [0.1, 0.15) is 10.1 Å². The van der Waals surface area contributed by atoms with Crippen LogP contribution in [0.3, 0.4) is 0 Å². The Balaban J connectivity index is 1.77. The lowest BCUT2D eigenvalue weighted by Gasteiger charge is -2.11. The van der Waals surface area contributed by atoms with Gasteiger partial charge in [-0.25, -0.2) is 4.79 Å². The van der Waals surface area contributed by atoms with Gasteiger partial charge in [0, 0.05) is 0 Å². The maximum Gasteiger partial charge on any atom is 0.337 e. The number of carbonyl (C=O) groups excluding carboxylic acids is 2. The van der Waals surface area contributed by atoms with Crippen LogP contribution in [0.15, 0.2) is 52.0 Å². The molecule has 3 rings (SSSR count). The molecule has 0 N–H and O–H groups in total. The van der Waals surface area contributed by atoms with Gasteiger partial charge in [-0.15, -0.1) is 0 Å². The molecule has 1 fully saturated rings. The van der Waals surface area contributed by atoms with Gasteiger partial charge in [0.05, 0.1) is 30.4 Å². The number of rotatable bonds is 4. The Kier molecular flexibility index (Phi) is 4.82. The molecule has 1 aromatic carbocycles. The largest absolute Gasteiger partial charge is 0.467 e. The van der Waals surface area contributed by atoms with Crippen molar-refractivity contribution in [1.82, 2.24) is 4.90 Å². The van der Waals surface area contributed by atoms with E-state index in [2.05, 4.69) is 4.74 Å². The number of thioether (sulfide) groups is 1. The summed E-state index contributed by atoms with van der Waals surface area (Å²) in [6, 6.07) is 10.4. The first-order chi connectivity index (χ1) is 11.6. The van der Waals surface area contributed by atoms with E-state index in [1.54, 1.807) is 48.7 Å². The average Bonchev–Trinajstić information content (AvgIpc) is 3.19. The van der Waals surface area contributed by atoms with E-state index in [9.17, 15) is 9.59 Å². The molecule has 0 spiro atoms. The fourth-order valence-electron chi connectivity index (χ4n) is 2.18. The highest BCUT2D eigenvalue weighted by Crippen LogP contribution is 2.33. The van der Waals surface area contributed by atoms with Crippen molar-refractivity contribution in [2.75, 3.05) is 7.11 Å². The molecular weight excluding hydrogens is 346 g/mol. The molecule has 1 saturated heterocycles. The lowest BCUT2D eigenvalue weighted by molar-refractivity contribution is -0.122. The Hall–Kier alpha value is -2.38. The van der Waals surface area contributed by atoms with Crippen LogP contribution in [0.2, 0.25) is 0 Å². The Morgan fingerprint density at radius 3 is 2.71 bits per heavy atom. The van der Waals surface area contributed by atoms with Crippen LogP contribution < -0.4 is 0 Å². The molecule has 2 heterocycles. The summed E-state index contributed by atoms with van der Waals surface area (Å²) in [7, 11) is 1.33. The van der Waals surface area contributed by atoms with Crippen molar-refractivity contribution < 1.29 is 18.7 Å². The Morgan fingerprint density at radius 1 is 1.33 bits per heavy atom. The van der Waals surface area contributed by atoms with Gasteiger partial charge in [0.25, 0.3) is 5.91 Å². The number of ether oxygens (including phenoxy) is 1. The number of esters is 1. The van der Waals surface area contributed by atoms with E-state index < -0.39 is 5.97 Å². The summed E-state index contributed by atoms with van der Waals surface area (Å²) in [5.74, 6) is 0.125. The first kappa shape index (κ1) is 16.5. The predicted octanol–water partition coefficient (Wildman–Crippen LogP) is 3.47. The zero-order valence-electron chi connectivity index (χ0n) is 12.7. The third-order valence-corrected chi connectivity index (χ3v) is 4.77. The first-order valence-electron chi connectivity index (χ1n) is 7.04. The van der Waals surface area contributed by atoms with E-state index in [1.165, 1.54) is 23.8 Å². The average molecular weight is 359 g/mol. The Bertz CT molecular complexity index is 810. The predicted molar refractivity (Wildman–Crippen MR) is 95.2 cm³/mol. The van der Waals surface area contributed by atoms with E-state index >= 15 is 0 Å². The molecule has 1 amide bonds. The SMILES string of the molecule is COC(=O)c1ccc(/C=C2\SC(=S)N(Cc3ccco3)C2=O)cc1. The number of hydrogen-bond donors (Lipinski definition) is 0. The number of nitrogens with zero attached hydrogens (tertiary/aromatic N) is 1. The minimum atomic E-state index is -0.397. The highest BCUT2D eigenvalue weighted by molar-refractivity contribution is 8.26. The monoisotopic (exact) mass is 359 g/mol. The van der Waals surface area contributed by atoms with Crippen LogP contribution in [-0.2, 0) is 16.1 Å². The van der Waals surface area contributed by atoms with Gasteiger partial charge in [0.15, 0.2) is 0 Å². The minimum absolute atomic E-state index is 0.154. The lowest BCUT2D eigenvalue weighted by atomic mass is 10.1. The zero-order chi connectivity index (χ0) is 17.1. The fraction of sp³-hybridized carbons (Fsp3) is 0.118. The Morgan fingerprint density at radius 2 is 2.08 bits per heavy atom. The van der Waals surface area contributed by atoms with E-state index in [4.69, 9.17) is 16.6 Å². The van der Waals surface area contributed by atoms with Gasteiger partial charge < -0.3 is 9.15 Å². The molecule has 2 aromatic rings. The quantitative estimate of drug-likeness (QED) is 0.473. The molecule has 1 aliphatic heterocycles. The number of benzene rings is 1. The van der Waals surface area contributed by atoms with Crippen molar-refractivity contribution in [3.8, 4) is 0 Å². The molecule has 0 aliphatic carbocycles. The minimum Gasteiger partial charge on any atom is -0.467 e. The summed E-state index contributed by atoms with van der Waals surface area (Å²) in [6.45, 7) is 0.316. The molecule has 1 aromatic heterocycles. The van der Waals surface area contributed by atoms with E-state index in [0.29, 0.717) is 27.1 Å². The highest BCUT2D eigenvalue weighted by atomic mass is 32.2. The van der Waals surface area contributed by atoms with Crippen molar-refractivity contribution in [1.29, 1.82) is 0 Å². The Labute approximate surface area is 148 Å². The number of carbonyl (C=O) groups is 2. The number of thiocarbonyl (C=S) groups is 1.